The number of hydrogen-bond donors (Lipinski definition) is 1. The van der Waals surface area contributed by atoms with Crippen molar-refractivity contribution >= 4 is 11.4 Å². The lowest BCUT2D eigenvalue weighted by molar-refractivity contribution is -0.121. The van der Waals surface area contributed by atoms with Crippen LogP contribution >= 0.6 is 0 Å². The topological polar surface area (TPSA) is 99.8 Å². The van der Waals surface area contributed by atoms with Gasteiger partial charge in [-0.2, -0.15) is 10.2 Å². The molecule has 0 unspecified atom stereocenters. The van der Waals surface area contributed by atoms with E-state index in [0.29, 0.717) is 30.8 Å². The van der Waals surface area contributed by atoms with Crippen molar-refractivity contribution in [1.29, 1.82) is 0 Å². The Kier molecular flexibility index (Phi) is 5.82. The van der Waals surface area contributed by atoms with Crippen LogP contribution < -0.4 is 15.6 Å². The maximum absolute atomic E-state index is 12.6. The highest BCUT2D eigenvalue weighted by molar-refractivity contribution is 5.75. The summed E-state index contributed by atoms with van der Waals surface area (Å²) in [5.74, 6) is 0.461. The SMILES string of the molecule is COCCCNC(=O)Cn1ncn2nc(-c3ccc(OC)cc3)cc2c1=O. The molecular formula is C18H21N5O4. The van der Waals surface area contributed by atoms with Crippen molar-refractivity contribution in [2.45, 2.75) is 13.0 Å². The summed E-state index contributed by atoms with van der Waals surface area (Å²) in [5.41, 5.74) is 1.46. The molecule has 2 heterocycles. The molecule has 1 amide bonds. The summed E-state index contributed by atoms with van der Waals surface area (Å²) >= 11 is 0. The molecule has 0 aliphatic rings. The number of carbonyl (C=O) groups excluding carboxylic acids is 1. The van der Waals surface area contributed by atoms with Crippen molar-refractivity contribution in [1.82, 2.24) is 24.7 Å². The third-order valence-electron chi connectivity index (χ3n) is 4.02. The molecule has 0 bridgehead atoms. The van der Waals surface area contributed by atoms with E-state index in [-0.39, 0.29) is 18.0 Å². The number of fused-ring (bicyclic) bond motifs is 1. The molecule has 0 radical (unpaired) electrons. The minimum Gasteiger partial charge on any atom is -0.497 e. The largest absolute Gasteiger partial charge is 0.497 e. The Labute approximate surface area is 155 Å². The van der Waals surface area contributed by atoms with Gasteiger partial charge in [-0.15, -0.1) is 0 Å². The van der Waals surface area contributed by atoms with E-state index in [9.17, 15) is 9.59 Å². The fourth-order valence-corrected chi connectivity index (χ4v) is 2.59. The zero-order valence-corrected chi connectivity index (χ0v) is 15.2. The van der Waals surface area contributed by atoms with Gasteiger partial charge in [-0.3, -0.25) is 9.59 Å². The summed E-state index contributed by atoms with van der Waals surface area (Å²) in [4.78, 5) is 24.6. The normalized spacial score (nSPS) is 10.9. The molecular weight excluding hydrogens is 350 g/mol. The second-order valence-corrected chi connectivity index (χ2v) is 5.88. The van der Waals surface area contributed by atoms with Gasteiger partial charge < -0.3 is 14.8 Å². The van der Waals surface area contributed by atoms with Crippen LogP contribution in [0, 0.1) is 0 Å². The molecule has 0 saturated carbocycles. The molecule has 0 fully saturated rings. The van der Waals surface area contributed by atoms with Gasteiger partial charge in [-0.05, 0) is 36.8 Å². The first-order valence-electron chi connectivity index (χ1n) is 8.48. The van der Waals surface area contributed by atoms with E-state index in [1.807, 2.05) is 24.3 Å². The molecule has 0 atom stereocenters. The van der Waals surface area contributed by atoms with Gasteiger partial charge in [0, 0.05) is 25.8 Å². The van der Waals surface area contributed by atoms with Gasteiger partial charge in [0.25, 0.3) is 5.56 Å². The smallest absolute Gasteiger partial charge is 0.293 e. The number of nitrogens with one attached hydrogen (secondary N) is 1. The molecule has 9 nitrogen and oxygen atoms in total. The van der Waals surface area contributed by atoms with Gasteiger partial charge in [0.1, 0.15) is 24.1 Å². The van der Waals surface area contributed by atoms with Gasteiger partial charge in [0.15, 0.2) is 0 Å². The van der Waals surface area contributed by atoms with Crippen LogP contribution in [0.5, 0.6) is 5.75 Å². The predicted octanol–water partition coefficient (Wildman–Crippen LogP) is 0.719. The standard InChI is InChI=1S/C18H21N5O4/c1-26-9-3-8-19-17(24)11-22-18(25)16-10-15(21-23(16)12-20-22)13-4-6-14(27-2)7-5-13/h4-7,10,12H,3,8-9,11H2,1-2H3,(H,19,24). The molecule has 2 aromatic heterocycles. The van der Waals surface area contributed by atoms with E-state index in [1.54, 1.807) is 20.3 Å². The Bertz CT molecular complexity index is 978. The Morgan fingerprint density at radius 1 is 1.22 bits per heavy atom. The van der Waals surface area contributed by atoms with Gasteiger partial charge in [-0.25, -0.2) is 9.20 Å². The fourth-order valence-electron chi connectivity index (χ4n) is 2.59. The maximum atomic E-state index is 12.6. The van der Waals surface area contributed by atoms with Crippen molar-refractivity contribution in [3.63, 3.8) is 0 Å². The van der Waals surface area contributed by atoms with E-state index in [1.165, 1.54) is 10.8 Å². The van der Waals surface area contributed by atoms with Crippen LogP contribution in [0.1, 0.15) is 6.42 Å². The fraction of sp³-hybridized carbons (Fsp3) is 0.333. The molecule has 3 aromatic rings. The first kappa shape index (κ1) is 18.6. The number of benzene rings is 1. The summed E-state index contributed by atoms with van der Waals surface area (Å²) < 4.78 is 12.6. The van der Waals surface area contributed by atoms with Crippen LogP contribution in [-0.2, 0) is 16.1 Å². The van der Waals surface area contributed by atoms with Crippen molar-refractivity contribution in [3.8, 4) is 17.0 Å². The zero-order chi connectivity index (χ0) is 19.2. The van der Waals surface area contributed by atoms with Crippen LogP contribution in [0.4, 0.5) is 0 Å². The lowest BCUT2D eigenvalue weighted by atomic mass is 10.1. The molecule has 142 valence electrons. The highest BCUT2D eigenvalue weighted by Crippen LogP contribution is 2.21. The van der Waals surface area contributed by atoms with E-state index in [0.717, 1.165) is 16.0 Å². The Hall–Kier alpha value is -3.20. The van der Waals surface area contributed by atoms with Crippen molar-refractivity contribution in [2.24, 2.45) is 0 Å². The second kappa shape index (κ2) is 8.45. The molecule has 0 aliphatic heterocycles. The highest BCUT2D eigenvalue weighted by atomic mass is 16.5. The van der Waals surface area contributed by atoms with Gasteiger partial charge >= 0.3 is 0 Å². The maximum Gasteiger partial charge on any atom is 0.293 e. The minimum atomic E-state index is -0.378. The molecule has 9 heteroatoms. The number of carbonyl (C=O) groups is 1. The van der Waals surface area contributed by atoms with E-state index in [4.69, 9.17) is 9.47 Å². The van der Waals surface area contributed by atoms with Crippen molar-refractivity contribution in [2.75, 3.05) is 27.4 Å². The molecule has 0 aliphatic carbocycles. The number of methoxy groups -OCH3 is 2. The molecule has 0 spiro atoms. The Morgan fingerprint density at radius 3 is 2.70 bits per heavy atom. The van der Waals surface area contributed by atoms with Crippen molar-refractivity contribution in [3.05, 3.63) is 47.0 Å². The first-order valence-corrected chi connectivity index (χ1v) is 8.48. The minimum absolute atomic E-state index is 0.147. The van der Waals surface area contributed by atoms with Crippen LogP contribution in [0.2, 0.25) is 0 Å². The summed E-state index contributed by atoms with van der Waals surface area (Å²) in [7, 11) is 3.20. The van der Waals surface area contributed by atoms with Crippen LogP contribution in [0.3, 0.4) is 0 Å². The average Bonchev–Trinajstić information content (AvgIpc) is 3.13. The Morgan fingerprint density at radius 2 is 2.00 bits per heavy atom. The quantitative estimate of drug-likeness (QED) is 0.586. The average molecular weight is 371 g/mol. The zero-order valence-electron chi connectivity index (χ0n) is 15.2. The molecule has 1 aromatic carbocycles. The molecule has 27 heavy (non-hydrogen) atoms. The number of rotatable bonds is 8. The van der Waals surface area contributed by atoms with Crippen LogP contribution in [0.15, 0.2) is 41.5 Å². The predicted molar refractivity (Wildman–Crippen MR) is 98.7 cm³/mol. The third-order valence-corrected chi connectivity index (χ3v) is 4.02. The Balaban J connectivity index is 1.78. The van der Waals surface area contributed by atoms with Gasteiger partial charge in [-0.1, -0.05) is 0 Å². The molecule has 3 rings (SSSR count). The number of amides is 1. The van der Waals surface area contributed by atoms with Crippen molar-refractivity contribution < 1.29 is 14.3 Å². The molecule has 0 saturated heterocycles. The lowest BCUT2D eigenvalue weighted by Crippen LogP contribution is -2.34. The summed E-state index contributed by atoms with van der Waals surface area (Å²) in [6, 6.07) is 9.05. The molecule has 1 N–H and O–H groups in total. The summed E-state index contributed by atoms with van der Waals surface area (Å²) in [6.45, 7) is 0.901. The summed E-state index contributed by atoms with van der Waals surface area (Å²) in [5, 5.41) is 11.1. The van der Waals surface area contributed by atoms with Crippen LogP contribution in [-0.4, -0.2) is 52.7 Å². The van der Waals surface area contributed by atoms with E-state index < -0.39 is 0 Å². The lowest BCUT2D eigenvalue weighted by Gasteiger charge is -2.06. The van der Waals surface area contributed by atoms with Gasteiger partial charge in [0.2, 0.25) is 5.91 Å². The number of aromatic nitrogens is 4. The highest BCUT2D eigenvalue weighted by Gasteiger charge is 2.12. The van der Waals surface area contributed by atoms with Crippen LogP contribution in [0.25, 0.3) is 16.8 Å². The number of nitrogens with zero attached hydrogens (tertiary/aromatic N) is 4. The first-order chi connectivity index (χ1) is 13.1. The number of ether oxygens (including phenoxy) is 2. The third kappa shape index (κ3) is 4.32. The van der Waals surface area contributed by atoms with E-state index >= 15 is 0 Å². The van der Waals surface area contributed by atoms with E-state index in [2.05, 4.69) is 15.5 Å². The number of hydrogen-bond acceptors (Lipinski definition) is 6. The van der Waals surface area contributed by atoms with Gasteiger partial charge in [0.05, 0.1) is 12.8 Å². The second-order valence-electron chi connectivity index (χ2n) is 5.88. The summed E-state index contributed by atoms with van der Waals surface area (Å²) in [6.07, 6.45) is 2.12. The monoisotopic (exact) mass is 371 g/mol.